The molecule has 6 nitrogen and oxygen atoms in total. The Balaban J connectivity index is 1.85. The number of hydrogen-bond donors (Lipinski definition) is 2. The lowest BCUT2D eigenvalue weighted by molar-refractivity contribution is 0.232. The van der Waals surface area contributed by atoms with Crippen LogP contribution in [0.1, 0.15) is 32.0 Å². The van der Waals surface area contributed by atoms with Crippen molar-refractivity contribution in [2.45, 2.75) is 39.8 Å². The van der Waals surface area contributed by atoms with Crippen molar-refractivity contribution in [3.05, 3.63) is 54.0 Å². The molecule has 2 N–H and O–H groups in total. The molecule has 0 spiro atoms. The average molecular weight is 341 g/mol. The van der Waals surface area contributed by atoms with Crippen LogP contribution in [0.15, 0.2) is 47.7 Å². The fraction of sp³-hybridized carbons (Fsp3) is 0.421. The summed E-state index contributed by atoms with van der Waals surface area (Å²) in [5, 5.41) is 6.58. The highest BCUT2D eigenvalue weighted by atomic mass is 16.5. The molecule has 0 fully saturated rings. The minimum Gasteiger partial charge on any atom is -0.475 e. The largest absolute Gasteiger partial charge is 0.475 e. The van der Waals surface area contributed by atoms with Gasteiger partial charge in [0.2, 0.25) is 5.88 Å². The van der Waals surface area contributed by atoms with Crippen LogP contribution < -0.4 is 15.4 Å². The van der Waals surface area contributed by atoms with Crippen molar-refractivity contribution in [2.75, 3.05) is 13.1 Å². The van der Waals surface area contributed by atoms with Gasteiger partial charge in [-0.05, 0) is 38.5 Å². The van der Waals surface area contributed by atoms with Gasteiger partial charge in [0.1, 0.15) is 0 Å². The van der Waals surface area contributed by atoms with Crippen molar-refractivity contribution < 1.29 is 4.74 Å². The van der Waals surface area contributed by atoms with Gasteiger partial charge in [-0.25, -0.2) is 9.98 Å². The van der Waals surface area contributed by atoms with Crippen LogP contribution in [-0.4, -0.2) is 35.1 Å². The van der Waals surface area contributed by atoms with Crippen LogP contribution in [0.4, 0.5) is 0 Å². The highest BCUT2D eigenvalue weighted by molar-refractivity contribution is 5.79. The molecule has 2 aromatic heterocycles. The smallest absolute Gasteiger partial charge is 0.213 e. The van der Waals surface area contributed by atoms with Crippen molar-refractivity contribution in [1.29, 1.82) is 0 Å². The molecule has 0 saturated heterocycles. The first-order chi connectivity index (χ1) is 12.2. The normalized spacial score (nSPS) is 11.4. The standard InChI is InChI=1S/C19H27N5O/c1-4-20-19(22-12-10-17-7-5-6-11-21-17)24-14-16-8-9-18(23-13-16)25-15(2)3/h5-9,11,13,15H,4,10,12,14H2,1-3H3,(H2,20,22,24). The molecule has 0 amide bonds. The number of pyridine rings is 2. The summed E-state index contributed by atoms with van der Waals surface area (Å²) < 4.78 is 5.55. The van der Waals surface area contributed by atoms with E-state index >= 15 is 0 Å². The Morgan fingerprint density at radius 3 is 2.68 bits per heavy atom. The predicted octanol–water partition coefficient (Wildman–Crippen LogP) is 2.56. The molecule has 0 aliphatic rings. The SMILES string of the molecule is CCNC(=NCc1ccc(OC(C)C)nc1)NCCc1ccccn1. The van der Waals surface area contributed by atoms with E-state index in [1.807, 2.05) is 50.4 Å². The summed E-state index contributed by atoms with van der Waals surface area (Å²) >= 11 is 0. The maximum absolute atomic E-state index is 5.55. The van der Waals surface area contributed by atoms with Crippen molar-refractivity contribution in [2.24, 2.45) is 4.99 Å². The fourth-order valence-corrected chi connectivity index (χ4v) is 2.18. The first-order valence-electron chi connectivity index (χ1n) is 8.71. The number of aliphatic imine (C=N–C) groups is 1. The molecule has 0 saturated carbocycles. The molecule has 0 atom stereocenters. The van der Waals surface area contributed by atoms with Gasteiger partial charge in [-0.3, -0.25) is 4.98 Å². The highest BCUT2D eigenvalue weighted by Crippen LogP contribution is 2.10. The van der Waals surface area contributed by atoms with Crippen LogP contribution in [0.2, 0.25) is 0 Å². The number of guanidine groups is 1. The topological polar surface area (TPSA) is 71.4 Å². The summed E-state index contributed by atoms with van der Waals surface area (Å²) in [4.78, 5) is 13.2. The molecule has 0 radical (unpaired) electrons. The van der Waals surface area contributed by atoms with E-state index in [1.165, 1.54) is 0 Å². The molecule has 0 aliphatic carbocycles. The van der Waals surface area contributed by atoms with Gasteiger partial charge in [0.25, 0.3) is 0 Å². The van der Waals surface area contributed by atoms with Crippen LogP contribution in [0.5, 0.6) is 5.88 Å². The van der Waals surface area contributed by atoms with E-state index in [0.29, 0.717) is 12.4 Å². The zero-order valence-corrected chi connectivity index (χ0v) is 15.2. The van der Waals surface area contributed by atoms with Crippen LogP contribution >= 0.6 is 0 Å². The monoisotopic (exact) mass is 341 g/mol. The second kappa shape index (κ2) is 10.3. The van der Waals surface area contributed by atoms with E-state index in [0.717, 1.165) is 36.7 Å². The van der Waals surface area contributed by atoms with E-state index in [9.17, 15) is 0 Å². The number of hydrogen-bond acceptors (Lipinski definition) is 4. The first kappa shape index (κ1) is 18.7. The van der Waals surface area contributed by atoms with Gasteiger partial charge in [-0.1, -0.05) is 12.1 Å². The minimum absolute atomic E-state index is 0.125. The third kappa shape index (κ3) is 7.20. The molecule has 6 heteroatoms. The number of ether oxygens (including phenoxy) is 1. The summed E-state index contributed by atoms with van der Waals surface area (Å²) in [5.41, 5.74) is 2.11. The van der Waals surface area contributed by atoms with Gasteiger partial charge in [0, 0.05) is 43.7 Å². The third-order valence-corrected chi connectivity index (χ3v) is 3.32. The summed E-state index contributed by atoms with van der Waals surface area (Å²) in [7, 11) is 0. The summed E-state index contributed by atoms with van der Waals surface area (Å²) in [5.74, 6) is 1.43. The quantitative estimate of drug-likeness (QED) is 0.570. The van der Waals surface area contributed by atoms with Gasteiger partial charge in [0.15, 0.2) is 5.96 Å². The molecule has 0 unspecified atom stereocenters. The highest BCUT2D eigenvalue weighted by Gasteiger charge is 2.01. The lowest BCUT2D eigenvalue weighted by Gasteiger charge is -2.11. The van der Waals surface area contributed by atoms with Crippen molar-refractivity contribution in [3.8, 4) is 5.88 Å². The second-order valence-corrected chi connectivity index (χ2v) is 5.86. The van der Waals surface area contributed by atoms with Crippen LogP contribution in [-0.2, 0) is 13.0 Å². The average Bonchev–Trinajstić information content (AvgIpc) is 2.61. The maximum Gasteiger partial charge on any atom is 0.213 e. The second-order valence-electron chi connectivity index (χ2n) is 5.86. The number of nitrogens with zero attached hydrogens (tertiary/aromatic N) is 3. The van der Waals surface area contributed by atoms with Gasteiger partial charge in [0.05, 0.1) is 12.6 Å². The molecule has 0 aromatic carbocycles. The Labute approximate surface area is 149 Å². The number of nitrogens with one attached hydrogen (secondary N) is 2. The lowest BCUT2D eigenvalue weighted by atomic mass is 10.3. The van der Waals surface area contributed by atoms with Crippen LogP contribution in [0.25, 0.3) is 0 Å². The molecule has 0 aliphatic heterocycles. The van der Waals surface area contributed by atoms with E-state index in [4.69, 9.17) is 4.74 Å². The van der Waals surface area contributed by atoms with Crippen molar-refractivity contribution in [3.63, 3.8) is 0 Å². The summed E-state index contributed by atoms with van der Waals surface area (Å²) in [6.45, 7) is 8.18. The number of aromatic nitrogens is 2. The Bertz CT molecular complexity index is 641. The molecule has 2 heterocycles. The van der Waals surface area contributed by atoms with Gasteiger partial charge in [-0.15, -0.1) is 0 Å². The predicted molar refractivity (Wildman–Crippen MR) is 101 cm³/mol. The van der Waals surface area contributed by atoms with Crippen molar-refractivity contribution >= 4 is 5.96 Å². The molecule has 0 bridgehead atoms. The fourth-order valence-electron chi connectivity index (χ4n) is 2.18. The molecule has 134 valence electrons. The summed E-state index contributed by atoms with van der Waals surface area (Å²) in [6.07, 6.45) is 4.60. The summed E-state index contributed by atoms with van der Waals surface area (Å²) in [6, 6.07) is 9.82. The Hall–Kier alpha value is -2.63. The molecule has 25 heavy (non-hydrogen) atoms. The zero-order chi connectivity index (χ0) is 17.9. The first-order valence-corrected chi connectivity index (χ1v) is 8.71. The van der Waals surface area contributed by atoms with Gasteiger partial charge < -0.3 is 15.4 Å². The lowest BCUT2D eigenvalue weighted by Crippen LogP contribution is -2.38. The van der Waals surface area contributed by atoms with Gasteiger partial charge >= 0.3 is 0 Å². The van der Waals surface area contributed by atoms with Crippen molar-refractivity contribution in [1.82, 2.24) is 20.6 Å². The number of rotatable bonds is 8. The van der Waals surface area contributed by atoms with E-state index in [-0.39, 0.29) is 6.10 Å². The Morgan fingerprint density at radius 1 is 1.16 bits per heavy atom. The third-order valence-electron chi connectivity index (χ3n) is 3.32. The molecular formula is C19H27N5O. The van der Waals surface area contributed by atoms with E-state index in [1.54, 1.807) is 6.20 Å². The molecule has 2 rings (SSSR count). The maximum atomic E-state index is 5.55. The van der Waals surface area contributed by atoms with Crippen LogP contribution in [0, 0.1) is 0 Å². The van der Waals surface area contributed by atoms with Crippen LogP contribution in [0.3, 0.4) is 0 Å². The molecule has 2 aromatic rings. The minimum atomic E-state index is 0.125. The van der Waals surface area contributed by atoms with E-state index in [2.05, 4.69) is 32.5 Å². The van der Waals surface area contributed by atoms with E-state index < -0.39 is 0 Å². The Morgan fingerprint density at radius 2 is 2.04 bits per heavy atom. The van der Waals surface area contributed by atoms with Gasteiger partial charge in [-0.2, -0.15) is 0 Å². The molecular weight excluding hydrogens is 314 g/mol. The Kier molecular flexibility index (Phi) is 7.69. The zero-order valence-electron chi connectivity index (χ0n) is 15.2.